The van der Waals surface area contributed by atoms with Crippen LogP contribution in [0.15, 0.2) is 42.5 Å². The van der Waals surface area contributed by atoms with Gasteiger partial charge in [-0.15, -0.1) is 0 Å². The molecule has 2 aromatic rings. The second-order valence-corrected chi connectivity index (χ2v) is 4.17. The van der Waals surface area contributed by atoms with E-state index < -0.39 is 10.9 Å². The molecule has 2 aromatic carbocycles. The monoisotopic (exact) mass is 282 g/mol. The van der Waals surface area contributed by atoms with Gasteiger partial charge in [-0.25, -0.2) is 4.79 Å². The topological polar surface area (TPSA) is 93.2 Å². The van der Waals surface area contributed by atoms with E-state index in [0.717, 1.165) is 0 Å². The Bertz CT molecular complexity index is 763. The van der Waals surface area contributed by atoms with Crippen LogP contribution >= 0.6 is 0 Å². The number of carbonyl (C=O) groups excluding carboxylic acids is 1. The van der Waals surface area contributed by atoms with Gasteiger partial charge in [-0.05, 0) is 23.3 Å². The molecule has 0 saturated heterocycles. The van der Waals surface area contributed by atoms with Crippen molar-refractivity contribution in [2.75, 3.05) is 7.11 Å². The predicted molar refractivity (Wildman–Crippen MR) is 74.6 cm³/mol. The van der Waals surface area contributed by atoms with Crippen LogP contribution in [0.1, 0.15) is 15.9 Å². The lowest BCUT2D eigenvalue weighted by atomic mass is 9.97. The van der Waals surface area contributed by atoms with Crippen molar-refractivity contribution >= 4 is 11.7 Å². The third kappa shape index (κ3) is 2.87. The Kier molecular flexibility index (Phi) is 3.95. The van der Waals surface area contributed by atoms with Crippen LogP contribution in [-0.4, -0.2) is 18.0 Å². The fourth-order valence-corrected chi connectivity index (χ4v) is 1.93. The molecule has 0 fully saturated rings. The number of esters is 1. The molecule has 6 heteroatoms. The van der Waals surface area contributed by atoms with Crippen LogP contribution in [0, 0.1) is 21.4 Å². The molecule has 0 aliphatic rings. The Morgan fingerprint density at radius 3 is 2.67 bits per heavy atom. The van der Waals surface area contributed by atoms with Crippen LogP contribution < -0.4 is 0 Å². The van der Waals surface area contributed by atoms with Crippen molar-refractivity contribution in [3.8, 4) is 17.2 Å². The van der Waals surface area contributed by atoms with Gasteiger partial charge < -0.3 is 4.74 Å². The first kappa shape index (κ1) is 14.2. The van der Waals surface area contributed by atoms with E-state index in [4.69, 9.17) is 10.00 Å². The molecule has 0 heterocycles. The lowest BCUT2D eigenvalue weighted by Crippen LogP contribution is -2.04. The number of benzene rings is 2. The van der Waals surface area contributed by atoms with E-state index in [-0.39, 0.29) is 11.3 Å². The molecule has 0 bridgehead atoms. The highest BCUT2D eigenvalue weighted by atomic mass is 16.6. The van der Waals surface area contributed by atoms with Crippen molar-refractivity contribution < 1.29 is 14.5 Å². The summed E-state index contributed by atoms with van der Waals surface area (Å²) < 4.78 is 4.69. The molecule has 0 atom stereocenters. The number of methoxy groups -OCH3 is 1. The lowest BCUT2D eigenvalue weighted by Gasteiger charge is -2.08. The summed E-state index contributed by atoms with van der Waals surface area (Å²) >= 11 is 0. The molecule has 0 spiro atoms. The summed E-state index contributed by atoms with van der Waals surface area (Å²) in [6.45, 7) is 0. The van der Waals surface area contributed by atoms with Gasteiger partial charge in [0.05, 0.1) is 29.2 Å². The zero-order chi connectivity index (χ0) is 15.4. The molecule has 2 rings (SSSR count). The molecule has 6 nitrogen and oxygen atoms in total. The van der Waals surface area contributed by atoms with E-state index in [9.17, 15) is 14.9 Å². The Morgan fingerprint density at radius 1 is 1.29 bits per heavy atom. The number of rotatable bonds is 3. The maximum atomic E-state index is 11.8. The van der Waals surface area contributed by atoms with Crippen LogP contribution in [-0.2, 0) is 4.74 Å². The number of carbonyl (C=O) groups is 1. The maximum Gasteiger partial charge on any atom is 0.338 e. The normalized spacial score (nSPS) is 9.71. The van der Waals surface area contributed by atoms with Crippen molar-refractivity contribution in [3.63, 3.8) is 0 Å². The third-order valence-corrected chi connectivity index (χ3v) is 2.92. The van der Waals surface area contributed by atoms with E-state index in [0.29, 0.717) is 16.7 Å². The van der Waals surface area contributed by atoms with E-state index in [2.05, 4.69) is 0 Å². The number of hydrogen-bond donors (Lipinski definition) is 0. The average Bonchev–Trinajstić information content (AvgIpc) is 2.53. The first-order chi connectivity index (χ1) is 10.1. The molecule has 0 aliphatic heterocycles. The highest BCUT2D eigenvalue weighted by molar-refractivity contribution is 5.97. The van der Waals surface area contributed by atoms with Crippen molar-refractivity contribution in [1.82, 2.24) is 0 Å². The summed E-state index contributed by atoms with van der Waals surface area (Å²) in [6.07, 6.45) is 0. The van der Waals surface area contributed by atoms with Gasteiger partial charge in [-0.1, -0.05) is 18.2 Å². The van der Waals surface area contributed by atoms with Crippen molar-refractivity contribution in [2.24, 2.45) is 0 Å². The second kappa shape index (κ2) is 5.84. The average molecular weight is 282 g/mol. The second-order valence-electron chi connectivity index (χ2n) is 4.17. The van der Waals surface area contributed by atoms with Gasteiger partial charge >= 0.3 is 5.97 Å². The standard InChI is InChI=1S/C15H10N2O4/c1-21-15(18)14-7-10(9-16)5-6-13(14)11-3-2-4-12(8-11)17(19)20/h2-8H,1H3. The molecule has 104 valence electrons. The lowest BCUT2D eigenvalue weighted by molar-refractivity contribution is -0.384. The molecular formula is C15H10N2O4. The number of nitriles is 1. The van der Waals surface area contributed by atoms with Gasteiger partial charge in [0, 0.05) is 12.1 Å². The van der Waals surface area contributed by atoms with Gasteiger partial charge in [0.1, 0.15) is 0 Å². The SMILES string of the molecule is COC(=O)c1cc(C#N)ccc1-c1cccc([N+](=O)[O-])c1. The van der Waals surface area contributed by atoms with Gasteiger partial charge in [-0.3, -0.25) is 10.1 Å². The molecule has 0 radical (unpaired) electrons. The van der Waals surface area contributed by atoms with Gasteiger partial charge in [0.15, 0.2) is 0 Å². The molecule has 0 aromatic heterocycles. The molecular weight excluding hydrogens is 272 g/mol. The van der Waals surface area contributed by atoms with E-state index in [1.54, 1.807) is 18.2 Å². The third-order valence-electron chi connectivity index (χ3n) is 2.92. The Labute approximate surface area is 120 Å². The number of nitro groups is 1. The van der Waals surface area contributed by atoms with Crippen molar-refractivity contribution in [1.29, 1.82) is 5.26 Å². The first-order valence-electron chi connectivity index (χ1n) is 5.94. The van der Waals surface area contributed by atoms with Crippen molar-refractivity contribution in [3.05, 3.63) is 63.7 Å². The van der Waals surface area contributed by atoms with Gasteiger partial charge in [0.25, 0.3) is 5.69 Å². The number of non-ortho nitro benzene ring substituents is 1. The molecule has 0 saturated carbocycles. The van der Waals surface area contributed by atoms with E-state index >= 15 is 0 Å². The quantitative estimate of drug-likeness (QED) is 0.490. The maximum absolute atomic E-state index is 11.8. The highest BCUT2D eigenvalue weighted by Crippen LogP contribution is 2.28. The van der Waals surface area contributed by atoms with Crippen LogP contribution in [0.2, 0.25) is 0 Å². The van der Waals surface area contributed by atoms with Gasteiger partial charge in [0.2, 0.25) is 0 Å². The fraction of sp³-hybridized carbons (Fsp3) is 0.0667. The highest BCUT2D eigenvalue weighted by Gasteiger charge is 2.16. The molecule has 21 heavy (non-hydrogen) atoms. The van der Waals surface area contributed by atoms with Crippen LogP contribution in [0.4, 0.5) is 5.69 Å². The predicted octanol–water partition coefficient (Wildman–Crippen LogP) is 2.92. The van der Waals surface area contributed by atoms with Crippen molar-refractivity contribution in [2.45, 2.75) is 0 Å². The first-order valence-corrected chi connectivity index (χ1v) is 5.94. The largest absolute Gasteiger partial charge is 0.465 e. The Morgan fingerprint density at radius 2 is 2.05 bits per heavy atom. The Hall–Kier alpha value is -3.20. The molecule has 0 amide bonds. The zero-order valence-electron chi connectivity index (χ0n) is 11.1. The van der Waals surface area contributed by atoms with Crippen LogP contribution in [0.3, 0.4) is 0 Å². The van der Waals surface area contributed by atoms with E-state index in [1.807, 2.05) is 6.07 Å². The summed E-state index contributed by atoms with van der Waals surface area (Å²) in [5.41, 5.74) is 1.41. The molecule has 0 aliphatic carbocycles. The fourth-order valence-electron chi connectivity index (χ4n) is 1.93. The minimum Gasteiger partial charge on any atom is -0.465 e. The number of ether oxygens (including phenoxy) is 1. The Balaban J connectivity index is 2.63. The zero-order valence-corrected chi connectivity index (χ0v) is 11.1. The van der Waals surface area contributed by atoms with E-state index in [1.165, 1.54) is 31.4 Å². The minimum atomic E-state index is -0.603. The van der Waals surface area contributed by atoms with Gasteiger partial charge in [-0.2, -0.15) is 5.26 Å². The molecule has 0 unspecified atom stereocenters. The number of nitro benzene ring substituents is 1. The van der Waals surface area contributed by atoms with Crippen LogP contribution in [0.5, 0.6) is 0 Å². The number of hydrogen-bond acceptors (Lipinski definition) is 5. The summed E-state index contributed by atoms with van der Waals surface area (Å²) in [4.78, 5) is 22.2. The summed E-state index contributed by atoms with van der Waals surface area (Å²) in [7, 11) is 1.23. The minimum absolute atomic E-state index is 0.0762. The summed E-state index contributed by atoms with van der Waals surface area (Å²) in [5, 5.41) is 19.7. The number of nitrogens with zero attached hydrogens (tertiary/aromatic N) is 2. The molecule has 0 N–H and O–H groups in total. The smallest absolute Gasteiger partial charge is 0.338 e. The van der Waals surface area contributed by atoms with Crippen LogP contribution in [0.25, 0.3) is 11.1 Å². The summed E-state index contributed by atoms with van der Waals surface area (Å²) in [6, 6.07) is 12.4. The summed E-state index contributed by atoms with van der Waals surface area (Å²) in [5.74, 6) is -0.603.